The molecule has 0 bridgehead atoms. The molecule has 4 unspecified atom stereocenters. The fraction of sp³-hybridized carbons (Fsp3) is 0.700. The van der Waals surface area contributed by atoms with Crippen LogP contribution in [0.5, 0.6) is 0 Å². The average molecular weight is 519 g/mol. The number of rotatable bonds is 19. The Morgan fingerprint density at radius 2 is 1.33 bits per heavy atom. The predicted octanol–water partition coefficient (Wildman–Crippen LogP) is -4.11. The van der Waals surface area contributed by atoms with Crippen molar-refractivity contribution in [3.63, 3.8) is 0 Å². The highest BCUT2D eigenvalue weighted by molar-refractivity contribution is 5.94. The minimum absolute atomic E-state index is 0.00765. The van der Waals surface area contributed by atoms with Gasteiger partial charge < -0.3 is 54.2 Å². The van der Waals surface area contributed by atoms with Gasteiger partial charge in [-0.15, -0.1) is 0 Å². The fourth-order valence-electron chi connectivity index (χ4n) is 2.95. The molecule has 4 atom stereocenters. The standard InChI is InChI=1S/C20H38N8O8/c21-8-2-1-4-13(19(35)36)27-17(33)12(5-3-9-25-20(23)24)26-18(34)14(10-29)28-16(32)11(22)6-7-15(30)31/h11-14,29H,1-10,21-22H2,(H,26,34)(H,27,33)(H,28,32)(H,30,31)(H,35,36)(H4,23,24,25). The summed E-state index contributed by atoms with van der Waals surface area (Å²) in [5.41, 5.74) is 21.6. The number of carboxylic acids is 2. The highest BCUT2D eigenvalue weighted by atomic mass is 16.4. The number of carboxylic acid groups (broad SMARTS) is 2. The molecule has 0 fully saturated rings. The van der Waals surface area contributed by atoms with Crippen molar-refractivity contribution in [3.05, 3.63) is 0 Å². The van der Waals surface area contributed by atoms with Crippen molar-refractivity contribution in [2.24, 2.45) is 27.9 Å². The molecule has 16 nitrogen and oxygen atoms in total. The van der Waals surface area contributed by atoms with E-state index in [2.05, 4.69) is 20.9 Å². The zero-order chi connectivity index (χ0) is 27.7. The number of aliphatic hydroxyl groups is 1. The molecule has 3 amide bonds. The minimum Gasteiger partial charge on any atom is -0.481 e. The highest BCUT2D eigenvalue weighted by Crippen LogP contribution is 2.05. The third-order valence-electron chi connectivity index (χ3n) is 4.96. The van der Waals surface area contributed by atoms with E-state index in [9.17, 15) is 34.2 Å². The first-order chi connectivity index (χ1) is 16.9. The Balaban J connectivity index is 5.36. The Bertz CT molecular complexity index is 775. The molecule has 0 heterocycles. The highest BCUT2D eigenvalue weighted by Gasteiger charge is 2.30. The van der Waals surface area contributed by atoms with Crippen molar-refractivity contribution in [2.45, 2.75) is 69.1 Å². The maximum Gasteiger partial charge on any atom is 0.326 e. The lowest BCUT2D eigenvalue weighted by molar-refractivity contribution is -0.142. The summed E-state index contributed by atoms with van der Waals surface area (Å²) in [6.07, 6.45) is 0.804. The monoisotopic (exact) mass is 518 g/mol. The molecule has 0 aliphatic carbocycles. The number of aliphatic hydroxyl groups excluding tert-OH is 1. The molecule has 0 aromatic carbocycles. The molecule has 0 spiro atoms. The number of hydrogen-bond donors (Lipinski definition) is 10. The minimum atomic E-state index is -1.50. The maximum atomic E-state index is 12.8. The number of nitrogens with one attached hydrogen (secondary N) is 3. The summed E-state index contributed by atoms with van der Waals surface area (Å²) in [6.45, 7) is -0.361. The van der Waals surface area contributed by atoms with E-state index in [1.165, 1.54) is 0 Å². The Kier molecular flexibility index (Phi) is 16.1. The van der Waals surface area contributed by atoms with Gasteiger partial charge in [-0.3, -0.25) is 24.2 Å². The van der Waals surface area contributed by atoms with Crippen LogP contribution in [0.15, 0.2) is 4.99 Å². The second kappa shape index (κ2) is 17.9. The van der Waals surface area contributed by atoms with Gasteiger partial charge in [0.25, 0.3) is 0 Å². The number of nitrogens with zero attached hydrogens (tertiary/aromatic N) is 1. The number of amides is 3. The van der Waals surface area contributed by atoms with E-state index >= 15 is 0 Å². The zero-order valence-corrected chi connectivity index (χ0v) is 20.0. The van der Waals surface area contributed by atoms with Crippen LogP contribution < -0.4 is 38.9 Å². The lowest BCUT2D eigenvalue weighted by Crippen LogP contribution is -2.58. The predicted molar refractivity (Wildman–Crippen MR) is 128 cm³/mol. The van der Waals surface area contributed by atoms with E-state index in [1.54, 1.807) is 0 Å². The lowest BCUT2D eigenvalue weighted by Gasteiger charge is -2.24. The zero-order valence-electron chi connectivity index (χ0n) is 20.0. The molecule has 0 aromatic rings. The van der Waals surface area contributed by atoms with Gasteiger partial charge in [-0.25, -0.2) is 4.79 Å². The van der Waals surface area contributed by atoms with E-state index in [0.717, 1.165) is 0 Å². The van der Waals surface area contributed by atoms with E-state index in [4.69, 9.17) is 28.0 Å². The molecular weight excluding hydrogens is 480 g/mol. The van der Waals surface area contributed by atoms with Crippen molar-refractivity contribution >= 4 is 35.6 Å². The number of nitrogens with two attached hydrogens (primary N) is 4. The molecule has 0 aromatic heterocycles. The molecule has 14 N–H and O–H groups in total. The molecule has 0 aliphatic rings. The average Bonchev–Trinajstić information content (AvgIpc) is 2.81. The number of carbonyl (C=O) groups is 5. The Labute approximate surface area is 208 Å². The summed E-state index contributed by atoms with van der Waals surface area (Å²) in [4.78, 5) is 63.6. The van der Waals surface area contributed by atoms with Crippen LogP contribution in [0.25, 0.3) is 0 Å². The Hall–Kier alpha value is -3.50. The first kappa shape index (κ1) is 32.5. The molecule has 0 rings (SSSR count). The molecule has 0 radical (unpaired) electrons. The second-order valence-corrected chi connectivity index (χ2v) is 7.98. The smallest absolute Gasteiger partial charge is 0.326 e. The summed E-state index contributed by atoms with van der Waals surface area (Å²) in [5.74, 6) is -5.20. The molecular formula is C20H38N8O8. The topological polar surface area (TPSA) is 299 Å². The Morgan fingerprint density at radius 3 is 1.86 bits per heavy atom. The van der Waals surface area contributed by atoms with Gasteiger partial charge in [0.2, 0.25) is 17.7 Å². The largest absolute Gasteiger partial charge is 0.481 e. The van der Waals surface area contributed by atoms with Crippen molar-refractivity contribution in [1.82, 2.24) is 16.0 Å². The van der Waals surface area contributed by atoms with Crippen LogP contribution in [0.3, 0.4) is 0 Å². The fourth-order valence-corrected chi connectivity index (χ4v) is 2.95. The van der Waals surface area contributed by atoms with Crippen LogP contribution in [0.1, 0.15) is 44.9 Å². The first-order valence-corrected chi connectivity index (χ1v) is 11.4. The molecule has 36 heavy (non-hydrogen) atoms. The molecule has 206 valence electrons. The number of unbranched alkanes of at least 4 members (excludes halogenated alkanes) is 1. The summed E-state index contributed by atoms with van der Waals surface area (Å²) in [6, 6.07) is -5.20. The summed E-state index contributed by atoms with van der Waals surface area (Å²) in [5, 5.41) is 34.6. The van der Waals surface area contributed by atoms with Crippen molar-refractivity contribution in [1.29, 1.82) is 0 Å². The summed E-state index contributed by atoms with van der Waals surface area (Å²) < 4.78 is 0. The number of aliphatic imine (C=N–C) groups is 1. The van der Waals surface area contributed by atoms with Crippen LogP contribution in [-0.4, -0.2) is 94.8 Å². The van der Waals surface area contributed by atoms with Gasteiger partial charge in [0.15, 0.2) is 5.96 Å². The molecule has 0 saturated carbocycles. The van der Waals surface area contributed by atoms with Gasteiger partial charge in [-0.1, -0.05) is 0 Å². The number of guanidine groups is 1. The van der Waals surface area contributed by atoms with Gasteiger partial charge in [-0.05, 0) is 45.1 Å². The molecule has 16 heteroatoms. The van der Waals surface area contributed by atoms with Crippen LogP contribution in [0, 0.1) is 0 Å². The number of carbonyl (C=O) groups excluding carboxylic acids is 3. The van der Waals surface area contributed by atoms with Crippen molar-refractivity contribution in [3.8, 4) is 0 Å². The number of hydrogen-bond acceptors (Lipinski definition) is 9. The SMILES string of the molecule is NCCCCC(NC(=O)C(CCCN=C(N)N)NC(=O)C(CO)NC(=O)C(N)CCC(=O)O)C(=O)O. The van der Waals surface area contributed by atoms with Gasteiger partial charge in [0.1, 0.15) is 18.1 Å². The molecule has 0 aliphatic heterocycles. The van der Waals surface area contributed by atoms with Crippen LogP contribution >= 0.6 is 0 Å². The normalized spacial score (nSPS) is 14.0. The lowest BCUT2D eigenvalue weighted by atomic mass is 10.1. The van der Waals surface area contributed by atoms with Gasteiger partial charge in [-0.2, -0.15) is 0 Å². The van der Waals surface area contributed by atoms with E-state index in [-0.39, 0.29) is 44.6 Å². The van der Waals surface area contributed by atoms with Crippen LogP contribution in [0.2, 0.25) is 0 Å². The van der Waals surface area contributed by atoms with Gasteiger partial charge >= 0.3 is 11.9 Å². The first-order valence-electron chi connectivity index (χ1n) is 11.4. The third-order valence-corrected chi connectivity index (χ3v) is 4.96. The van der Waals surface area contributed by atoms with Gasteiger partial charge in [0, 0.05) is 13.0 Å². The summed E-state index contributed by atoms with van der Waals surface area (Å²) in [7, 11) is 0. The van der Waals surface area contributed by atoms with Crippen molar-refractivity contribution < 1.29 is 39.3 Å². The van der Waals surface area contributed by atoms with Crippen LogP contribution in [-0.2, 0) is 24.0 Å². The molecule has 0 saturated heterocycles. The Morgan fingerprint density at radius 1 is 0.778 bits per heavy atom. The van der Waals surface area contributed by atoms with Crippen molar-refractivity contribution in [2.75, 3.05) is 19.7 Å². The summed E-state index contributed by atoms with van der Waals surface area (Å²) >= 11 is 0. The van der Waals surface area contributed by atoms with Gasteiger partial charge in [0.05, 0.1) is 12.6 Å². The van der Waals surface area contributed by atoms with Crippen LogP contribution in [0.4, 0.5) is 0 Å². The van der Waals surface area contributed by atoms with E-state index in [1.807, 2.05) is 0 Å². The quantitative estimate of drug-likeness (QED) is 0.0443. The van der Waals surface area contributed by atoms with E-state index in [0.29, 0.717) is 19.4 Å². The van der Waals surface area contributed by atoms with E-state index < -0.39 is 60.4 Å². The third kappa shape index (κ3) is 14.0. The second-order valence-electron chi connectivity index (χ2n) is 7.98. The number of aliphatic carboxylic acids is 2. The maximum absolute atomic E-state index is 12.8.